The van der Waals surface area contributed by atoms with Crippen molar-refractivity contribution in [3.05, 3.63) is 35.6 Å². The van der Waals surface area contributed by atoms with Crippen LogP contribution in [0.4, 0.5) is 0 Å². The third-order valence-corrected chi connectivity index (χ3v) is 3.59. The van der Waals surface area contributed by atoms with Crippen LogP contribution in [0.2, 0.25) is 0 Å². The fourth-order valence-corrected chi connectivity index (χ4v) is 2.08. The van der Waals surface area contributed by atoms with Crippen molar-refractivity contribution < 1.29 is 14.3 Å². The minimum absolute atomic E-state index is 0.219. The Kier molecular flexibility index (Phi) is 3.97. The molecule has 2 rings (SSSR count). The first-order valence-electron chi connectivity index (χ1n) is 6.64. The van der Waals surface area contributed by atoms with Crippen LogP contribution in [-0.4, -0.2) is 17.8 Å². The number of benzene rings is 1. The van der Waals surface area contributed by atoms with Crippen molar-refractivity contribution in [2.24, 2.45) is 0 Å². The van der Waals surface area contributed by atoms with Crippen molar-refractivity contribution in [3.63, 3.8) is 0 Å². The lowest BCUT2D eigenvalue weighted by atomic mass is 9.99. The number of fused-ring (bicyclic) bond motifs is 1. The van der Waals surface area contributed by atoms with Gasteiger partial charge in [-0.25, -0.2) is 0 Å². The maximum atomic E-state index is 10.2. The number of aryl methyl sites for hydroxylation is 1. The highest BCUT2D eigenvalue weighted by Crippen LogP contribution is 2.29. The van der Waals surface area contributed by atoms with Gasteiger partial charge in [0.2, 0.25) is 0 Å². The Bertz CT molecular complexity index is 554. The molecule has 1 heterocycles. The van der Waals surface area contributed by atoms with Gasteiger partial charge >= 0.3 is 0 Å². The van der Waals surface area contributed by atoms with E-state index in [0.29, 0.717) is 12.2 Å². The molecule has 1 unspecified atom stereocenters. The fourth-order valence-electron chi connectivity index (χ4n) is 2.08. The van der Waals surface area contributed by atoms with Crippen molar-refractivity contribution in [1.29, 1.82) is 0 Å². The van der Waals surface area contributed by atoms with Gasteiger partial charge in [0.1, 0.15) is 17.4 Å². The molecule has 104 valence electrons. The Hall–Kier alpha value is -1.32. The number of methoxy groups -OCH3 is 1. The molecule has 3 heteroatoms. The molecular formula is C16H22O3. The second-order valence-corrected chi connectivity index (χ2v) is 5.71. The summed E-state index contributed by atoms with van der Waals surface area (Å²) in [5.74, 6) is 0.632. The Labute approximate surface area is 114 Å². The molecule has 1 aromatic heterocycles. The molecule has 2 aromatic rings. The average molecular weight is 262 g/mol. The second-order valence-electron chi connectivity index (χ2n) is 5.71. The van der Waals surface area contributed by atoms with Crippen LogP contribution in [0.5, 0.6) is 0 Å². The maximum absolute atomic E-state index is 10.2. The average Bonchev–Trinajstić information content (AvgIpc) is 2.79. The van der Waals surface area contributed by atoms with E-state index in [4.69, 9.17) is 9.15 Å². The van der Waals surface area contributed by atoms with Crippen LogP contribution in [0, 0.1) is 6.92 Å². The standard InChI is InChI=1S/C16H22O3/c1-11-5-6-14-12(9-11)10-15(19-14)13(17)7-8-16(2,3)18-4/h5-6,9-10,13,17H,7-8H2,1-4H3. The van der Waals surface area contributed by atoms with Crippen LogP contribution < -0.4 is 0 Å². The first kappa shape index (κ1) is 14.1. The minimum atomic E-state index is -0.581. The lowest BCUT2D eigenvalue weighted by Gasteiger charge is -2.23. The van der Waals surface area contributed by atoms with E-state index in [1.165, 1.54) is 5.56 Å². The third-order valence-electron chi connectivity index (χ3n) is 3.59. The van der Waals surface area contributed by atoms with Crippen molar-refractivity contribution in [1.82, 2.24) is 0 Å². The summed E-state index contributed by atoms with van der Waals surface area (Å²) in [4.78, 5) is 0. The van der Waals surface area contributed by atoms with Crippen molar-refractivity contribution in [3.8, 4) is 0 Å². The van der Waals surface area contributed by atoms with Crippen LogP contribution in [0.3, 0.4) is 0 Å². The summed E-state index contributed by atoms with van der Waals surface area (Å²) in [6.45, 7) is 6.08. The van der Waals surface area contributed by atoms with Gasteiger partial charge in [-0.15, -0.1) is 0 Å². The zero-order valence-corrected chi connectivity index (χ0v) is 12.1. The molecule has 0 saturated heterocycles. The Morgan fingerprint density at radius 2 is 2.05 bits per heavy atom. The maximum Gasteiger partial charge on any atom is 0.134 e. The number of rotatable bonds is 5. The van der Waals surface area contributed by atoms with Gasteiger partial charge in [-0.2, -0.15) is 0 Å². The minimum Gasteiger partial charge on any atom is -0.458 e. The molecule has 1 N–H and O–H groups in total. The lowest BCUT2D eigenvalue weighted by Crippen LogP contribution is -2.23. The number of aliphatic hydroxyl groups is 1. The number of furan rings is 1. The summed E-state index contributed by atoms with van der Waals surface area (Å²) in [6, 6.07) is 7.94. The predicted molar refractivity (Wildman–Crippen MR) is 76.2 cm³/mol. The monoisotopic (exact) mass is 262 g/mol. The van der Waals surface area contributed by atoms with Crippen LogP contribution in [0.25, 0.3) is 11.0 Å². The topological polar surface area (TPSA) is 42.6 Å². The van der Waals surface area contributed by atoms with E-state index in [1.54, 1.807) is 7.11 Å². The first-order chi connectivity index (χ1) is 8.91. The number of aliphatic hydroxyl groups excluding tert-OH is 1. The Morgan fingerprint density at radius 3 is 2.74 bits per heavy atom. The van der Waals surface area contributed by atoms with Gasteiger partial charge < -0.3 is 14.3 Å². The van der Waals surface area contributed by atoms with Crippen LogP contribution in [-0.2, 0) is 4.74 Å². The normalized spacial score (nSPS) is 13.9. The molecule has 1 aromatic carbocycles. The summed E-state index contributed by atoms with van der Waals surface area (Å²) < 4.78 is 11.0. The number of ether oxygens (including phenoxy) is 1. The first-order valence-corrected chi connectivity index (χ1v) is 6.64. The molecule has 3 nitrogen and oxygen atoms in total. The second kappa shape index (κ2) is 5.35. The SMILES string of the molecule is COC(C)(C)CCC(O)c1cc2cc(C)ccc2o1. The van der Waals surface area contributed by atoms with Gasteiger partial charge in [0.05, 0.1) is 5.60 Å². The molecule has 0 bridgehead atoms. The molecule has 0 saturated carbocycles. The van der Waals surface area contributed by atoms with Gasteiger partial charge in [-0.3, -0.25) is 0 Å². The van der Waals surface area contributed by atoms with E-state index in [-0.39, 0.29) is 5.60 Å². The van der Waals surface area contributed by atoms with E-state index < -0.39 is 6.10 Å². The quantitative estimate of drug-likeness (QED) is 0.886. The van der Waals surface area contributed by atoms with Gasteiger partial charge in [-0.05, 0) is 51.8 Å². The lowest BCUT2D eigenvalue weighted by molar-refractivity contribution is 0.000935. The fraction of sp³-hybridized carbons (Fsp3) is 0.500. The molecule has 0 fully saturated rings. The Morgan fingerprint density at radius 1 is 1.32 bits per heavy atom. The molecule has 0 radical (unpaired) electrons. The molecule has 0 aliphatic heterocycles. The highest BCUT2D eigenvalue weighted by Gasteiger charge is 2.20. The molecule has 1 atom stereocenters. The number of hydrogen-bond donors (Lipinski definition) is 1. The van der Waals surface area contributed by atoms with E-state index in [9.17, 15) is 5.11 Å². The summed E-state index contributed by atoms with van der Waals surface area (Å²) in [7, 11) is 1.69. The summed E-state index contributed by atoms with van der Waals surface area (Å²) in [5, 5.41) is 11.2. The predicted octanol–water partition coefficient (Wildman–Crippen LogP) is 3.98. The van der Waals surface area contributed by atoms with Crippen LogP contribution in [0.1, 0.15) is 44.1 Å². The summed E-state index contributed by atoms with van der Waals surface area (Å²) >= 11 is 0. The van der Waals surface area contributed by atoms with Gasteiger partial charge in [0.25, 0.3) is 0 Å². The molecule has 19 heavy (non-hydrogen) atoms. The zero-order valence-electron chi connectivity index (χ0n) is 12.1. The molecule has 0 amide bonds. The van der Waals surface area contributed by atoms with E-state index in [2.05, 4.69) is 6.07 Å². The molecular weight excluding hydrogens is 240 g/mol. The van der Waals surface area contributed by atoms with Crippen molar-refractivity contribution in [2.45, 2.75) is 45.3 Å². The van der Waals surface area contributed by atoms with E-state index >= 15 is 0 Å². The largest absolute Gasteiger partial charge is 0.458 e. The number of hydrogen-bond acceptors (Lipinski definition) is 3. The van der Waals surface area contributed by atoms with Crippen LogP contribution >= 0.6 is 0 Å². The zero-order chi connectivity index (χ0) is 14.0. The van der Waals surface area contributed by atoms with Gasteiger partial charge in [-0.1, -0.05) is 11.6 Å². The Balaban J connectivity index is 2.11. The highest BCUT2D eigenvalue weighted by atomic mass is 16.5. The van der Waals surface area contributed by atoms with E-state index in [0.717, 1.165) is 17.4 Å². The van der Waals surface area contributed by atoms with Crippen molar-refractivity contribution in [2.75, 3.05) is 7.11 Å². The summed E-state index contributed by atoms with van der Waals surface area (Å²) in [6.07, 6.45) is 0.822. The smallest absolute Gasteiger partial charge is 0.134 e. The summed E-state index contributed by atoms with van der Waals surface area (Å²) in [5.41, 5.74) is 1.80. The third kappa shape index (κ3) is 3.37. The molecule has 0 spiro atoms. The van der Waals surface area contributed by atoms with E-state index in [1.807, 2.05) is 39.0 Å². The van der Waals surface area contributed by atoms with Gasteiger partial charge in [0, 0.05) is 12.5 Å². The van der Waals surface area contributed by atoms with Crippen LogP contribution in [0.15, 0.2) is 28.7 Å². The van der Waals surface area contributed by atoms with Crippen molar-refractivity contribution >= 4 is 11.0 Å². The molecule has 0 aliphatic carbocycles. The highest BCUT2D eigenvalue weighted by molar-refractivity contribution is 5.78. The molecule has 0 aliphatic rings. The van der Waals surface area contributed by atoms with Gasteiger partial charge in [0.15, 0.2) is 0 Å².